The van der Waals surface area contributed by atoms with Gasteiger partial charge in [-0.25, -0.2) is 13.8 Å². The van der Waals surface area contributed by atoms with Crippen LogP contribution >= 0.6 is 23.2 Å². The van der Waals surface area contributed by atoms with Gasteiger partial charge in [-0.3, -0.25) is 4.79 Å². The van der Waals surface area contributed by atoms with Crippen LogP contribution in [0.2, 0.25) is 10.0 Å². The summed E-state index contributed by atoms with van der Waals surface area (Å²) < 4.78 is 57.3. The lowest BCUT2D eigenvalue weighted by Gasteiger charge is -2.15. The van der Waals surface area contributed by atoms with Gasteiger partial charge in [0, 0.05) is 10.6 Å². The standard InChI is InChI=1S/C25H14Cl2F4N4O2/c26-15-3-10-19(20(27)11-15)22-12-21-23(33-35(22)17-6-4-16(28)5-7-17)24(36)34(32-21)13-14-1-8-18(9-2-14)37-25(29,30)31/h1-12H,13H2. The molecule has 0 unspecified atom stereocenters. The third kappa shape index (κ3) is 5.30. The molecule has 5 rings (SSSR count). The zero-order chi connectivity index (χ0) is 26.3. The Hall–Kier alpha value is -3.89. The van der Waals surface area contributed by atoms with Crippen LogP contribution in [-0.4, -0.2) is 25.9 Å². The second-order valence-electron chi connectivity index (χ2n) is 7.93. The van der Waals surface area contributed by atoms with Crippen LogP contribution in [0.15, 0.2) is 77.6 Å². The Morgan fingerprint density at radius 3 is 2.24 bits per heavy atom. The lowest BCUT2D eigenvalue weighted by Crippen LogP contribution is -2.19. The zero-order valence-corrected chi connectivity index (χ0v) is 20.0. The summed E-state index contributed by atoms with van der Waals surface area (Å²) in [5, 5.41) is 9.60. The third-order valence-corrected chi connectivity index (χ3v) is 5.93. The van der Waals surface area contributed by atoms with Gasteiger partial charge >= 0.3 is 6.36 Å². The molecular weight excluding hydrogens is 535 g/mol. The van der Waals surface area contributed by atoms with Crippen LogP contribution in [0.1, 0.15) is 5.56 Å². The van der Waals surface area contributed by atoms with E-state index in [9.17, 15) is 22.4 Å². The first kappa shape index (κ1) is 24.8. The molecular formula is C25H14Cl2F4N4O2. The number of hydrogen-bond donors (Lipinski definition) is 0. The molecule has 0 N–H and O–H groups in total. The van der Waals surface area contributed by atoms with Crippen LogP contribution < -0.4 is 10.3 Å². The van der Waals surface area contributed by atoms with Gasteiger partial charge in [-0.15, -0.1) is 13.2 Å². The van der Waals surface area contributed by atoms with Gasteiger partial charge in [0.1, 0.15) is 17.3 Å². The quantitative estimate of drug-likeness (QED) is 0.232. The van der Waals surface area contributed by atoms with Crippen molar-refractivity contribution in [2.24, 2.45) is 0 Å². The first-order valence-electron chi connectivity index (χ1n) is 10.6. The minimum absolute atomic E-state index is 0.0188. The molecule has 2 aliphatic heterocycles. The van der Waals surface area contributed by atoms with E-state index in [0.717, 1.165) is 16.8 Å². The number of fused-ring (bicyclic) bond motifs is 1. The van der Waals surface area contributed by atoms with Crippen molar-refractivity contribution < 1.29 is 22.3 Å². The summed E-state index contributed by atoms with van der Waals surface area (Å²) in [4.78, 5) is 13.1. The summed E-state index contributed by atoms with van der Waals surface area (Å²) in [6.45, 7) is -0.0188. The Morgan fingerprint density at radius 2 is 1.59 bits per heavy atom. The second-order valence-corrected chi connectivity index (χ2v) is 8.77. The summed E-state index contributed by atoms with van der Waals surface area (Å²) in [5.74, 6) is -0.823. The van der Waals surface area contributed by atoms with Gasteiger partial charge in [0.25, 0.3) is 5.56 Å². The fraction of sp³-hybridized carbons (Fsp3) is 0.0800. The van der Waals surface area contributed by atoms with Crippen LogP contribution in [0, 0.1) is 5.82 Å². The van der Waals surface area contributed by atoms with Crippen molar-refractivity contribution in [1.82, 2.24) is 19.6 Å². The molecule has 0 spiro atoms. The van der Waals surface area contributed by atoms with Crippen molar-refractivity contribution in [2.45, 2.75) is 12.9 Å². The molecule has 3 aromatic rings. The van der Waals surface area contributed by atoms with E-state index in [1.165, 1.54) is 41.1 Å². The molecule has 0 aliphatic carbocycles. The van der Waals surface area contributed by atoms with E-state index in [4.69, 9.17) is 23.2 Å². The number of benzene rings is 3. The summed E-state index contributed by atoms with van der Waals surface area (Å²) in [6, 6.07) is 17.1. The Labute approximate surface area is 216 Å². The maximum Gasteiger partial charge on any atom is 0.573 e. The molecule has 188 valence electrons. The molecule has 3 aromatic carbocycles. The first-order chi connectivity index (χ1) is 17.6. The van der Waals surface area contributed by atoms with Crippen molar-refractivity contribution in [3.63, 3.8) is 0 Å². The highest BCUT2D eigenvalue weighted by Crippen LogP contribution is 2.33. The topological polar surface area (TPSA) is 61.9 Å². The van der Waals surface area contributed by atoms with E-state index in [1.54, 1.807) is 24.3 Å². The van der Waals surface area contributed by atoms with E-state index in [0.29, 0.717) is 32.6 Å². The van der Waals surface area contributed by atoms with Gasteiger partial charge in [-0.05, 0) is 66.2 Å². The molecule has 0 radical (unpaired) electrons. The number of ether oxygens (including phenoxy) is 1. The molecule has 2 aliphatic rings. The average molecular weight is 549 g/mol. The van der Waals surface area contributed by atoms with Crippen molar-refractivity contribution in [2.75, 3.05) is 0 Å². The molecule has 0 saturated heterocycles. The normalized spacial score (nSPS) is 11.7. The summed E-state index contributed by atoms with van der Waals surface area (Å²) in [6.07, 6.45) is -4.81. The molecule has 6 nitrogen and oxygen atoms in total. The van der Waals surface area contributed by atoms with Crippen LogP contribution in [0.5, 0.6) is 5.75 Å². The zero-order valence-electron chi connectivity index (χ0n) is 18.5. The first-order valence-corrected chi connectivity index (χ1v) is 11.4. The molecule has 2 heterocycles. The largest absolute Gasteiger partial charge is 0.573 e. The maximum absolute atomic E-state index is 13.6. The molecule has 0 fully saturated rings. The molecule has 0 saturated carbocycles. The monoisotopic (exact) mass is 548 g/mol. The molecule has 12 heteroatoms. The summed E-state index contributed by atoms with van der Waals surface area (Å²) in [7, 11) is 0. The van der Waals surface area contributed by atoms with Crippen LogP contribution in [0.3, 0.4) is 0 Å². The van der Waals surface area contributed by atoms with Gasteiger partial charge in [-0.1, -0.05) is 35.3 Å². The van der Waals surface area contributed by atoms with Crippen molar-refractivity contribution in [1.29, 1.82) is 0 Å². The second kappa shape index (κ2) is 9.53. The van der Waals surface area contributed by atoms with Gasteiger partial charge in [-0.2, -0.15) is 10.2 Å². The van der Waals surface area contributed by atoms with Crippen molar-refractivity contribution in [3.05, 3.63) is 105 Å². The fourth-order valence-corrected chi connectivity index (χ4v) is 4.24. The highest BCUT2D eigenvalue weighted by Gasteiger charge is 2.31. The number of halogens is 6. The van der Waals surface area contributed by atoms with E-state index in [2.05, 4.69) is 14.9 Å². The SMILES string of the molecule is O=c1c2nn(-c3ccc(F)cc3)c(-c3ccc(Cl)cc3Cl)cc-2nn1Cc1ccc(OC(F)(F)F)cc1. The molecule has 0 aromatic heterocycles. The van der Waals surface area contributed by atoms with Crippen molar-refractivity contribution in [3.8, 4) is 34.1 Å². The average Bonchev–Trinajstić information content (AvgIpc) is 3.13. The van der Waals surface area contributed by atoms with Gasteiger partial charge < -0.3 is 4.74 Å². The van der Waals surface area contributed by atoms with Crippen LogP contribution in [0.25, 0.3) is 28.3 Å². The molecule has 0 atom stereocenters. The predicted molar refractivity (Wildman–Crippen MR) is 130 cm³/mol. The van der Waals surface area contributed by atoms with Crippen molar-refractivity contribution >= 4 is 23.2 Å². The minimum atomic E-state index is -4.81. The Bertz CT molecular complexity index is 1610. The number of alkyl halides is 3. The highest BCUT2D eigenvalue weighted by atomic mass is 35.5. The Kier molecular flexibility index (Phi) is 6.38. The minimum Gasteiger partial charge on any atom is -0.406 e. The molecule has 37 heavy (non-hydrogen) atoms. The van der Waals surface area contributed by atoms with Gasteiger partial charge in [0.2, 0.25) is 0 Å². The number of hydrogen-bond acceptors (Lipinski definition) is 4. The van der Waals surface area contributed by atoms with Crippen LogP contribution in [0.4, 0.5) is 17.6 Å². The lowest BCUT2D eigenvalue weighted by atomic mass is 10.1. The van der Waals surface area contributed by atoms with E-state index < -0.39 is 17.7 Å². The number of nitrogens with zero attached hydrogens (tertiary/aromatic N) is 4. The molecule has 0 amide bonds. The van der Waals surface area contributed by atoms with Gasteiger partial charge in [0.05, 0.1) is 22.9 Å². The van der Waals surface area contributed by atoms with E-state index in [-0.39, 0.29) is 23.7 Å². The lowest BCUT2D eigenvalue weighted by molar-refractivity contribution is -0.274. The van der Waals surface area contributed by atoms with Gasteiger partial charge in [0.15, 0.2) is 5.69 Å². The Morgan fingerprint density at radius 1 is 0.892 bits per heavy atom. The van der Waals surface area contributed by atoms with E-state index >= 15 is 0 Å². The molecule has 0 bridgehead atoms. The van der Waals surface area contributed by atoms with E-state index in [1.807, 2.05) is 0 Å². The highest BCUT2D eigenvalue weighted by molar-refractivity contribution is 6.36. The smallest absolute Gasteiger partial charge is 0.406 e. The summed E-state index contributed by atoms with van der Waals surface area (Å²) >= 11 is 12.5. The van der Waals surface area contributed by atoms with Crippen LogP contribution in [-0.2, 0) is 6.54 Å². The Balaban J connectivity index is 1.59. The number of aromatic nitrogens is 4. The number of rotatable bonds is 5. The third-order valence-electron chi connectivity index (χ3n) is 5.38. The summed E-state index contributed by atoms with van der Waals surface area (Å²) in [5.41, 5.74) is 1.79. The maximum atomic E-state index is 13.6. The fourth-order valence-electron chi connectivity index (χ4n) is 3.74. The predicted octanol–water partition coefficient (Wildman–Crippen LogP) is 6.59.